The maximum Gasteiger partial charge on any atom is 0.648 e. The van der Waals surface area contributed by atoms with Gasteiger partial charge in [-0.25, -0.2) is 8.22 Å². The summed E-state index contributed by atoms with van der Waals surface area (Å²) >= 11 is 0. The summed E-state index contributed by atoms with van der Waals surface area (Å²) in [5, 5.41) is 0. The zero-order valence-corrected chi connectivity index (χ0v) is 19.5. The molecule has 0 aliphatic carbocycles. The lowest BCUT2D eigenvalue weighted by Gasteiger charge is -2.44. The minimum Gasteiger partial charge on any atom is -0.386 e. The minimum absolute atomic E-state index is 0.987. The largest absolute Gasteiger partial charge is 0.648 e. The molecule has 0 aromatic carbocycles. The summed E-state index contributed by atoms with van der Waals surface area (Å²) in [6.07, 6.45) is -8.23. The van der Waals surface area contributed by atoms with E-state index in [4.69, 9.17) is 0 Å². The fraction of sp³-hybridized carbons (Fsp3) is 1.00. The Hall–Kier alpha value is -1.57. The van der Waals surface area contributed by atoms with Crippen LogP contribution in [0, 0.1) is 0 Å². The average Bonchev–Trinajstić information content (AvgIpc) is 2.67. The maximum absolute atomic E-state index is 13.6. The van der Waals surface area contributed by atoms with Gasteiger partial charge in [0.2, 0.25) is 0 Å². The molecule has 0 aliphatic heterocycles. The zero-order valence-electron chi connectivity index (χ0n) is 17.5. The van der Waals surface area contributed by atoms with E-state index >= 15 is 0 Å². The molecule has 0 aliphatic rings. The molecule has 0 atom stereocenters. The third-order valence-electron chi connectivity index (χ3n) is 4.57. The fourth-order valence-electron chi connectivity index (χ4n) is 2.26. The van der Waals surface area contributed by atoms with Gasteiger partial charge < -0.3 is 4.12 Å². The van der Waals surface area contributed by atoms with E-state index in [0.29, 0.717) is 0 Å². The highest BCUT2D eigenvalue weighted by atomic mass is 28.5. The first-order valence-corrected chi connectivity index (χ1v) is 12.0. The van der Waals surface area contributed by atoms with Gasteiger partial charge in [-0.2, -0.15) is 114 Å². The molecule has 0 unspecified atom stereocenters. The van der Waals surface area contributed by atoms with Gasteiger partial charge in [0.25, 0.3) is 0 Å². The van der Waals surface area contributed by atoms with Gasteiger partial charge in [-0.1, -0.05) is 0 Å². The number of hydrogen-bond acceptors (Lipinski definition) is 1. The molecule has 1 nitrogen and oxygen atoms in total. The predicted octanol–water partition coefficient (Wildman–Crippen LogP) is 8.68. The van der Waals surface area contributed by atoms with Crippen LogP contribution in [0.3, 0.4) is 0 Å². The van der Waals surface area contributed by atoms with Crippen LogP contribution in [0.5, 0.6) is 0 Å². The van der Waals surface area contributed by atoms with Gasteiger partial charge in [-0.05, 0) is 0 Å². The van der Waals surface area contributed by atoms with Crippen molar-refractivity contribution in [2.75, 3.05) is 0 Å². The van der Waals surface area contributed by atoms with E-state index in [0.717, 1.165) is 4.12 Å². The average molecular weight is 736 g/mol. The molecule has 0 bridgehead atoms. The SMILES string of the molecule is FC(F)(F)C(F)(F)C(F)(F)C(F)(F)C(F)(F)C(F)(F)C(F)(F)C(F)(F)[Si](F)(F)O[Si](C(F)(F)F)(C(F)(F)F)C(F)(F)F. The summed E-state index contributed by atoms with van der Waals surface area (Å²) in [4.78, 5) is 0. The fourth-order valence-corrected chi connectivity index (χ4v) is 7.19. The van der Waals surface area contributed by atoms with Crippen LogP contribution in [0.1, 0.15) is 0 Å². The van der Waals surface area contributed by atoms with Crippen LogP contribution in [0.25, 0.3) is 0 Å². The third-order valence-corrected chi connectivity index (χ3v) is 10.3. The van der Waals surface area contributed by atoms with Crippen LogP contribution in [-0.2, 0) is 4.12 Å². The molecular formula is C11F28OSi2. The normalized spacial score (nSPS) is 17.1. The topological polar surface area (TPSA) is 9.23 Å². The van der Waals surface area contributed by atoms with Crippen LogP contribution < -0.4 is 0 Å². The maximum atomic E-state index is 13.6. The van der Waals surface area contributed by atoms with Crippen LogP contribution in [-0.4, -0.2) is 82.0 Å². The lowest BCUT2D eigenvalue weighted by atomic mass is 9.91. The van der Waals surface area contributed by atoms with E-state index in [1.807, 2.05) is 0 Å². The van der Waals surface area contributed by atoms with Crippen LogP contribution in [0.4, 0.5) is 122 Å². The van der Waals surface area contributed by atoms with E-state index in [-0.39, 0.29) is 0 Å². The second-order valence-electron chi connectivity index (χ2n) is 7.31. The molecule has 0 aromatic rings. The van der Waals surface area contributed by atoms with E-state index in [2.05, 4.69) is 0 Å². The van der Waals surface area contributed by atoms with Crippen LogP contribution >= 0.6 is 0 Å². The molecule has 0 saturated heterocycles. The first-order chi connectivity index (χ1) is 17.5. The molecule has 0 heterocycles. The molecule has 0 rings (SSSR count). The summed E-state index contributed by atoms with van der Waals surface area (Å²) in [5.41, 5.74) is -9.38. The van der Waals surface area contributed by atoms with Crippen LogP contribution in [0.2, 0.25) is 0 Å². The molecule has 31 heteroatoms. The number of rotatable bonds is 9. The molecule has 0 fully saturated rings. The van der Waals surface area contributed by atoms with Crippen molar-refractivity contribution in [3.8, 4) is 0 Å². The Balaban J connectivity index is 7.47. The Morgan fingerprint density at radius 1 is 0.310 bits per heavy atom. The van der Waals surface area contributed by atoms with Gasteiger partial charge >= 0.3 is 82.0 Å². The summed E-state index contributed by atoms with van der Waals surface area (Å²) < 4.78 is 364. The Labute approximate surface area is 209 Å². The van der Waals surface area contributed by atoms with E-state index in [1.54, 1.807) is 0 Å². The number of hydrogen-bond donors (Lipinski definition) is 0. The molecule has 0 saturated carbocycles. The first kappa shape index (κ1) is 40.4. The van der Waals surface area contributed by atoms with Crippen LogP contribution in [0.15, 0.2) is 0 Å². The van der Waals surface area contributed by atoms with Crippen molar-refractivity contribution in [2.45, 2.75) is 64.7 Å². The van der Waals surface area contributed by atoms with Gasteiger partial charge in [-0.3, -0.25) is 0 Å². The summed E-state index contributed by atoms with van der Waals surface area (Å²) in [7, 11) is -22.0. The highest BCUT2D eigenvalue weighted by Gasteiger charge is 3.00. The van der Waals surface area contributed by atoms with Gasteiger partial charge in [0, 0.05) is 0 Å². The zero-order chi connectivity index (χ0) is 35.2. The monoisotopic (exact) mass is 736 g/mol. The highest BCUT2D eigenvalue weighted by molar-refractivity contribution is 6.86. The van der Waals surface area contributed by atoms with Crippen molar-refractivity contribution in [3.05, 3.63) is 0 Å². The van der Waals surface area contributed by atoms with Crippen molar-refractivity contribution in [1.82, 2.24) is 0 Å². The molecule has 0 radical (unpaired) electrons. The van der Waals surface area contributed by atoms with Crippen molar-refractivity contribution in [1.29, 1.82) is 0 Å². The number of alkyl halides is 26. The number of halogens is 28. The third kappa shape index (κ3) is 5.03. The molecule has 0 spiro atoms. The van der Waals surface area contributed by atoms with Crippen molar-refractivity contribution in [2.24, 2.45) is 0 Å². The summed E-state index contributed by atoms with van der Waals surface area (Å²) in [5.74, 6) is -81.6. The molecule has 0 N–H and O–H groups in total. The van der Waals surface area contributed by atoms with Gasteiger partial charge in [0.1, 0.15) is 0 Å². The van der Waals surface area contributed by atoms with Crippen molar-refractivity contribution < 1.29 is 126 Å². The molecule has 0 amide bonds. The second kappa shape index (κ2) is 9.71. The highest BCUT2D eigenvalue weighted by Crippen LogP contribution is 2.65. The Bertz CT molecular complexity index is 940. The lowest BCUT2D eigenvalue weighted by molar-refractivity contribution is -0.459. The molecule has 0 aromatic heterocycles. The van der Waals surface area contributed by atoms with Crippen molar-refractivity contribution >= 4 is 17.3 Å². The minimum atomic E-state index is -11.1. The lowest BCUT2D eigenvalue weighted by Crippen LogP contribution is -2.81. The summed E-state index contributed by atoms with van der Waals surface area (Å²) in [6.45, 7) is 0. The molecule has 254 valence electrons. The van der Waals surface area contributed by atoms with Gasteiger partial charge in [-0.15, -0.1) is 0 Å². The molecular weight excluding hydrogens is 736 g/mol. The quantitative estimate of drug-likeness (QED) is 0.131. The van der Waals surface area contributed by atoms with Gasteiger partial charge in [0.15, 0.2) is 0 Å². The predicted molar refractivity (Wildman–Crippen MR) is 73.7 cm³/mol. The first-order valence-electron chi connectivity index (χ1n) is 8.45. The summed E-state index contributed by atoms with van der Waals surface area (Å²) in [6, 6.07) is 0. The van der Waals surface area contributed by atoms with E-state index in [9.17, 15) is 122 Å². The second-order valence-corrected chi connectivity index (χ2v) is 12.9. The molecule has 42 heavy (non-hydrogen) atoms. The van der Waals surface area contributed by atoms with Crippen molar-refractivity contribution in [3.63, 3.8) is 0 Å². The van der Waals surface area contributed by atoms with E-state index < -0.39 is 82.0 Å². The van der Waals surface area contributed by atoms with E-state index in [1.165, 1.54) is 0 Å². The smallest absolute Gasteiger partial charge is 0.386 e. The Morgan fingerprint density at radius 2 is 0.524 bits per heavy atom. The Morgan fingerprint density at radius 3 is 0.738 bits per heavy atom. The standard InChI is InChI=1S/C11F28OSi2/c12-1(13,3(16,17)5(20,21)7(24,25)26)2(14,15)4(18,19)6(22,23)8(27,28)42(38,39)40-41(9(29,30)31,10(32,33)34)11(35,36)37. The Kier molecular flexibility index (Phi) is 9.35. The van der Waals surface area contributed by atoms with Gasteiger partial charge in [0.05, 0.1) is 0 Å².